The first-order valence-corrected chi connectivity index (χ1v) is 5.93. The summed E-state index contributed by atoms with van der Waals surface area (Å²) in [7, 11) is 0. The van der Waals surface area contributed by atoms with Crippen LogP contribution in [0.15, 0.2) is 0 Å². The molecule has 1 rings (SSSR count). The van der Waals surface area contributed by atoms with E-state index in [0.29, 0.717) is 12.8 Å². The second-order valence-corrected chi connectivity index (χ2v) is 4.08. The van der Waals surface area contributed by atoms with Crippen molar-refractivity contribution in [3.05, 3.63) is 0 Å². The highest BCUT2D eigenvalue weighted by molar-refractivity contribution is 5.75. The van der Waals surface area contributed by atoms with Crippen molar-refractivity contribution in [2.75, 3.05) is 32.8 Å². The minimum atomic E-state index is 0.0606. The van der Waals surface area contributed by atoms with Gasteiger partial charge in [-0.1, -0.05) is 0 Å². The van der Waals surface area contributed by atoms with Gasteiger partial charge in [0.15, 0.2) is 0 Å². The summed E-state index contributed by atoms with van der Waals surface area (Å²) in [6.45, 7) is 4.40. The summed E-state index contributed by atoms with van der Waals surface area (Å²) in [6, 6.07) is 0. The van der Waals surface area contributed by atoms with Crippen LogP contribution in [0.3, 0.4) is 0 Å². The first-order valence-electron chi connectivity index (χ1n) is 5.93. The van der Waals surface area contributed by atoms with E-state index in [4.69, 9.17) is 5.11 Å². The van der Waals surface area contributed by atoms with Crippen molar-refractivity contribution < 1.29 is 9.90 Å². The molecule has 1 aliphatic rings. The summed E-state index contributed by atoms with van der Waals surface area (Å²) < 4.78 is 0. The highest BCUT2D eigenvalue weighted by atomic mass is 16.3. The van der Waals surface area contributed by atoms with Gasteiger partial charge in [0.05, 0.1) is 0 Å². The quantitative estimate of drug-likeness (QED) is 0.602. The van der Waals surface area contributed by atoms with Crippen molar-refractivity contribution in [3.63, 3.8) is 0 Å². The molecule has 1 amide bonds. The molecule has 0 saturated carbocycles. The average Bonchev–Trinajstić information content (AvgIpc) is 2.74. The number of nitrogens with one attached hydrogen (secondary N) is 1. The van der Waals surface area contributed by atoms with Crippen molar-refractivity contribution in [1.82, 2.24) is 10.2 Å². The zero-order chi connectivity index (χ0) is 10.9. The van der Waals surface area contributed by atoms with Crippen LogP contribution in [0.5, 0.6) is 0 Å². The van der Waals surface area contributed by atoms with Crippen LogP contribution in [0.4, 0.5) is 0 Å². The molecule has 0 aromatic heterocycles. The molecule has 1 aliphatic heterocycles. The normalized spacial score (nSPS) is 16.9. The van der Waals surface area contributed by atoms with Crippen molar-refractivity contribution in [1.29, 1.82) is 0 Å². The lowest BCUT2D eigenvalue weighted by Crippen LogP contribution is -2.28. The summed E-state index contributed by atoms with van der Waals surface area (Å²) in [5.41, 5.74) is 0. The van der Waals surface area contributed by atoms with E-state index in [1.807, 2.05) is 0 Å². The van der Waals surface area contributed by atoms with E-state index in [1.165, 1.54) is 25.9 Å². The molecule has 0 unspecified atom stereocenters. The third-order valence-corrected chi connectivity index (χ3v) is 2.73. The van der Waals surface area contributed by atoms with Crippen LogP contribution in [-0.2, 0) is 4.79 Å². The smallest absolute Gasteiger partial charge is 0.220 e. The fourth-order valence-corrected chi connectivity index (χ4v) is 1.86. The van der Waals surface area contributed by atoms with Gasteiger partial charge in [-0.05, 0) is 45.3 Å². The van der Waals surface area contributed by atoms with Gasteiger partial charge in [0.2, 0.25) is 5.91 Å². The minimum absolute atomic E-state index is 0.0606. The second kappa shape index (κ2) is 7.65. The number of amides is 1. The van der Waals surface area contributed by atoms with Gasteiger partial charge >= 0.3 is 0 Å². The molecule has 15 heavy (non-hydrogen) atoms. The van der Waals surface area contributed by atoms with Gasteiger partial charge in [0.25, 0.3) is 0 Å². The number of aliphatic hydroxyl groups is 1. The van der Waals surface area contributed by atoms with Crippen LogP contribution >= 0.6 is 0 Å². The lowest BCUT2D eigenvalue weighted by atomic mass is 10.3. The molecule has 0 aromatic carbocycles. The maximum absolute atomic E-state index is 11.2. The first kappa shape index (κ1) is 12.5. The molecule has 0 atom stereocenters. The molecular weight excluding hydrogens is 192 g/mol. The summed E-state index contributed by atoms with van der Waals surface area (Å²) in [5.74, 6) is 0.0606. The third-order valence-electron chi connectivity index (χ3n) is 2.73. The van der Waals surface area contributed by atoms with E-state index in [9.17, 15) is 4.79 Å². The Morgan fingerprint density at radius 1 is 1.27 bits per heavy atom. The van der Waals surface area contributed by atoms with Crippen molar-refractivity contribution in [3.8, 4) is 0 Å². The van der Waals surface area contributed by atoms with Crippen LogP contribution in [0.2, 0.25) is 0 Å². The standard InChI is InChI=1S/C11H22N2O2/c14-10-3-5-11(15)12-6-4-9-13-7-1-2-8-13/h14H,1-10H2,(H,12,15). The predicted molar refractivity (Wildman–Crippen MR) is 59.6 cm³/mol. The lowest BCUT2D eigenvalue weighted by Gasteiger charge is -2.14. The molecule has 88 valence electrons. The maximum Gasteiger partial charge on any atom is 0.220 e. The van der Waals surface area contributed by atoms with E-state index in [1.54, 1.807) is 0 Å². The third kappa shape index (κ3) is 5.74. The van der Waals surface area contributed by atoms with Crippen molar-refractivity contribution >= 4 is 5.91 Å². The Balaban J connectivity index is 1.89. The highest BCUT2D eigenvalue weighted by Crippen LogP contribution is 2.06. The molecule has 0 aliphatic carbocycles. The zero-order valence-corrected chi connectivity index (χ0v) is 9.37. The Kier molecular flexibility index (Phi) is 6.36. The SMILES string of the molecule is O=C(CCCO)NCCCN1CCCC1. The topological polar surface area (TPSA) is 52.6 Å². The Morgan fingerprint density at radius 3 is 2.67 bits per heavy atom. The summed E-state index contributed by atoms with van der Waals surface area (Å²) in [6.07, 6.45) is 4.69. The van der Waals surface area contributed by atoms with E-state index in [-0.39, 0.29) is 12.5 Å². The van der Waals surface area contributed by atoms with Gasteiger partial charge < -0.3 is 15.3 Å². The number of aliphatic hydroxyl groups excluding tert-OH is 1. The molecule has 1 fully saturated rings. The number of likely N-dealkylation sites (tertiary alicyclic amines) is 1. The summed E-state index contributed by atoms with van der Waals surface area (Å²) in [5, 5.41) is 11.4. The van der Waals surface area contributed by atoms with Gasteiger partial charge in [-0.25, -0.2) is 0 Å². The fraction of sp³-hybridized carbons (Fsp3) is 0.909. The monoisotopic (exact) mass is 214 g/mol. The number of carbonyl (C=O) groups excluding carboxylic acids is 1. The van der Waals surface area contributed by atoms with Crippen LogP contribution in [0, 0.1) is 0 Å². The van der Waals surface area contributed by atoms with E-state index >= 15 is 0 Å². The fourth-order valence-electron chi connectivity index (χ4n) is 1.86. The Hall–Kier alpha value is -0.610. The molecule has 0 aromatic rings. The van der Waals surface area contributed by atoms with Crippen LogP contribution in [-0.4, -0.2) is 48.7 Å². The number of nitrogens with zero attached hydrogens (tertiary/aromatic N) is 1. The van der Waals surface area contributed by atoms with Crippen LogP contribution < -0.4 is 5.32 Å². The Morgan fingerprint density at radius 2 is 2.00 bits per heavy atom. The lowest BCUT2D eigenvalue weighted by molar-refractivity contribution is -0.121. The Bertz CT molecular complexity index is 179. The van der Waals surface area contributed by atoms with Gasteiger partial charge in [0.1, 0.15) is 0 Å². The molecule has 0 radical (unpaired) electrons. The Labute approximate surface area is 91.6 Å². The molecule has 1 heterocycles. The predicted octanol–water partition coefficient (Wildman–Crippen LogP) is 0.361. The van der Waals surface area contributed by atoms with Gasteiger partial charge in [-0.3, -0.25) is 4.79 Å². The molecule has 1 saturated heterocycles. The van der Waals surface area contributed by atoms with Crippen molar-refractivity contribution in [2.24, 2.45) is 0 Å². The number of carbonyl (C=O) groups is 1. The molecule has 0 spiro atoms. The van der Waals surface area contributed by atoms with Gasteiger partial charge in [-0.2, -0.15) is 0 Å². The largest absolute Gasteiger partial charge is 0.396 e. The maximum atomic E-state index is 11.2. The zero-order valence-electron chi connectivity index (χ0n) is 9.37. The van der Waals surface area contributed by atoms with Gasteiger partial charge in [0, 0.05) is 19.6 Å². The van der Waals surface area contributed by atoms with Gasteiger partial charge in [-0.15, -0.1) is 0 Å². The van der Waals surface area contributed by atoms with E-state index < -0.39 is 0 Å². The number of rotatable bonds is 7. The first-order chi connectivity index (χ1) is 7.33. The van der Waals surface area contributed by atoms with E-state index in [0.717, 1.165) is 19.5 Å². The highest BCUT2D eigenvalue weighted by Gasteiger charge is 2.10. The van der Waals surface area contributed by atoms with Crippen LogP contribution in [0.25, 0.3) is 0 Å². The number of hydrogen-bond donors (Lipinski definition) is 2. The molecule has 0 bridgehead atoms. The molecular formula is C11H22N2O2. The molecule has 2 N–H and O–H groups in total. The second-order valence-electron chi connectivity index (χ2n) is 4.08. The minimum Gasteiger partial charge on any atom is -0.396 e. The summed E-state index contributed by atoms with van der Waals surface area (Å²) >= 11 is 0. The van der Waals surface area contributed by atoms with Crippen molar-refractivity contribution in [2.45, 2.75) is 32.1 Å². The number of hydrogen-bond acceptors (Lipinski definition) is 3. The average molecular weight is 214 g/mol. The molecule has 4 nitrogen and oxygen atoms in total. The van der Waals surface area contributed by atoms with E-state index in [2.05, 4.69) is 10.2 Å². The van der Waals surface area contributed by atoms with Crippen LogP contribution in [0.1, 0.15) is 32.1 Å². The summed E-state index contributed by atoms with van der Waals surface area (Å²) in [4.78, 5) is 13.6. The molecule has 4 heteroatoms.